The lowest BCUT2D eigenvalue weighted by atomic mass is 9.75. The summed E-state index contributed by atoms with van der Waals surface area (Å²) in [6.07, 6.45) is 4.10. The van der Waals surface area contributed by atoms with Gasteiger partial charge in [-0.1, -0.05) is 12.6 Å². The third-order valence-electron chi connectivity index (χ3n) is 7.10. The van der Waals surface area contributed by atoms with Gasteiger partial charge in [-0.05, 0) is 50.8 Å². The monoisotopic (exact) mass is 463 g/mol. The third kappa shape index (κ3) is 3.67. The standard InChI is InChI=1S/C24H26FN7O2/c1-13(16-10-23(2)7-8-24(3,31-23)19(16)25)20-26-11-17(29-30-20)15-6-5-14(9-18(15)33)21-27-12-32(4)22(34)28-21/h5-6,9,11-12,16,19,31,33H,1,7-8,10H2,2-4H3/t16-,19+,23+,24-/m0/s1. The van der Waals surface area contributed by atoms with Crippen LogP contribution in [0.25, 0.3) is 28.2 Å². The van der Waals surface area contributed by atoms with Gasteiger partial charge >= 0.3 is 5.69 Å². The lowest BCUT2D eigenvalue weighted by molar-refractivity contribution is 0.0769. The van der Waals surface area contributed by atoms with Gasteiger partial charge in [0.2, 0.25) is 0 Å². The van der Waals surface area contributed by atoms with Gasteiger partial charge in [0.1, 0.15) is 23.9 Å². The number of allylic oxidation sites excluding steroid dienone is 1. The van der Waals surface area contributed by atoms with Gasteiger partial charge in [0.05, 0.1) is 6.20 Å². The van der Waals surface area contributed by atoms with Gasteiger partial charge in [0.15, 0.2) is 11.6 Å². The van der Waals surface area contributed by atoms with Crippen LogP contribution < -0.4 is 11.0 Å². The molecule has 0 amide bonds. The van der Waals surface area contributed by atoms with Crippen LogP contribution in [0, 0.1) is 5.92 Å². The van der Waals surface area contributed by atoms with E-state index in [4.69, 9.17) is 0 Å². The van der Waals surface area contributed by atoms with Gasteiger partial charge in [-0.3, -0.25) is 4.57 Å². The Morgan fingerprint density at radius 2 is 2.06 bits per heavy atom. The summed E-state index contributed by atoms with van der Waals surface area (Å²) < 4.78 is 16.6. The number of benzene rings is 1. The van der Waals surface area contributed by atoms with Gasteiger partial charge in [-0.2, -0.15) is 4.98 Å². The van der Waals surface area contributed by atoms with Crippen molar-refractivity contribution in [3.8, 4) is 28.4 Å². The fourth-order valence-electron chi connectivity index (χ4n) is 5.17. The molecule has 5 rings (SSSR count). The Morgan fingerprint density at radius 1 is 1.26 bits per heavy atom. The normalized spacial score (nSPS) is 28.1. The van der Waals surface area contributed by atoms with Crippen molar-refractivity contribution in [2.45, 2.75) is 50.4 Å². The topological polar surface area (TPSA) is 119 Å². The quantitative estimate of drug-likeness (QED) is 0.606. The van der Waals surface area contributed by atoms with Crippen LogP contribution in [0.2, 0.25) is 0 Å². The highest BCUT2D eigenvalue weighted by molar-refractivity contribution is 5.71. The lowest BCUT2D eigenvalue weighted by Gasteiger charge is -2.45. The first-order valence-electron chi connectivity index (χ1n) is 11.1. The van der Waals surface area contributed by atoms with Crippen LogP contribution in [0.5, 0.6) is 5.75 Å². The number of alkyl halides is 1. The van der Waals surface area contributed by atoms with E-state index in [0.29, 0.717) is 34.6 Å². The van der Waals surface area contributed by atoms with Crippen molar-refractivity contribution in [2.75, 3.05) is 0 Å². The minimum Gasteiger partial charge on any atom is -0.507 e. The van der Waals surface area contributed by atoms with Crippen LogP contribution in [-0.4, -0.2) is 52.1 Å². The smallest absolute Gasteiger partial charge is 0.350 e. The van der Waals surface area contributed by atoms with Gasteiger partial charge in [-0.15, -0.1) is 10.2 Å². The largest absolute Gasteiger partial charge is 0.507 e. The van der Waals surface area contributed by atoms with Crippen LogP contribution in [0.4, 0.5) is 4.39 Å². The molecule has 2 bridgehead atoms. The summed E-state index contributed by atoms with van der Waals surface area (Å²) in [4.78, 5) is 24.2. The molecule has 0 spiro atoms. The van der Waals surface area contributed by atoms with E-state index in [9.17, 15) is 9.90 Å². The SMILES string of the molecule is C=C(c1ncc(-c2ccc(-c3ncn(C)c(=O)n3)cc2O)nn1)[C@@H]1C[C@@]2(C)CC[C@](C)(N2)[C@@H]1F. The maximum atomic E-state index is 15.4. The number of hydrogen-bond donors (Lipinski definition) is 2. The molecular weight excluding hydrogens is 437 g/mol. The number of rotatable bonds is 4. The van der Waals surface area contributed by atoms with Crippen molar-refractivity contribution in [3.63, 3.8) is 0 Å². The molecule has 3 aromatic rings. The molecule has 9 nitrogen and oxygen atoms in total. The van der Waals surface area contributed by atoms with Crippen LogP contribution in [0.1, 0.15) is 38.9 Å². The van der Waals surface area contributed by atoms with Crippen molar-refractivity contribution in [2.24, 2.45) is 13.0 Å². The number of phenolic OH excluding ortho intramolecular Hbond substituents is 1. The predicted molar refractivity (Wildman–Crippen MR) is 124 cm³/mol. The second-order valence-corrected chi connectivity index (χ2v) is 9.81. The zero-order valence-electron chi connectivity index (χ0n) is 19.3. The first-order chi connectivity index (χ1) is 16.1. The number of aromatic hydroxyl groups is 1. The molecule has 10 heteroatoms. The predicted octanol–water partition coefficient (Wildman–Crippen LogP) is 2.67. The Hall–Kier alpha value is -3.53. The fourth-order valence-corrected chi connectivity index (χ4v) is 5.17. The van der Waals surface area contributed by atoms with Crippen LogP contribution >= 0.6 is 0 Å². The number of aryl methyl sites for hydroxylation is 1. The number of piperidine rings is 1. The first-order valence-corrected chi connectivity index (χ1v) is 11.1. The average Bonchev–Trinajstić information content (AvgIpc) is 3.09. The summed E-state index contributed by atoms with van der Waals surface area (Å²) >= 11 is 0. The van der Waals surface area contributed by atoms with Crippen molar-refractivity contribution in [1.29, 1.82) is 0 Å². The third-order valence-corrected chi connectivity index (χ3v) is 7.10. The van der Waals surface area contributed by atoms with Crippen molar-refractivity contribution < 1.29 is 9.50 Å². The summed E-state index contributed by atoms with van der Waals surface area (Å²) in [6.45, 7) is 8.16. The van der Waals surface area contributed by atoms with Crippen LogP contribution in [-0.2, 0) is 7.05 Å². The maximum Gasteiger partial charge on any atom is 0.350 e. The summed E-state index contributed by atoms with van der Waals surface area (Å²) in [6, 6.07) is 4.77. The molecule has 2 N–H and O–H groups in total. The highest BCUT2D eigenvalue weighted by Crippen LogP contribution is 2.49. The van der Waals surface area contributed by atoms with Crippen molar-refractivity contribution in [3.05, 3.63) is 53.6 Å². The lowest BCUT2D eigenvalue weighted by Crippen LogP contribution is -2.60. The van der Waals surface area contributed by atoms with Gasteiger partial charge in [0, 0.05) is 35.2 Å². The molecule has 2 aliphatic rings. The summed E-state index contributed by atoms with van der Waals surface area (Å²) in [5.74, 6) is 0.0381. The first kappa shape index (κ1) is 22.3. The molecule has 0 aliphatic carbocycles. The summed E-state index contributed by atoms with van der Waals surface area (Å²) in [5, 5.41) is 22.4. The van der Waals surface area contributed by atoms with E-state index in [2.05, 4.69) is 44.0 Å². The summed E-state index contributed by atoms with van der Waals surface area (Å²) in [7, 11) is 1.56. The van der Waals surface area contributed by atoms with E-state index in [-0.39, 0.29) is 17.1 Å². The molecule has 2 aromatic heterocycles. The Kier molecular flexibility index (Phi) is 5.09. The number of hydrogen-bond acceptors (Lipinski definition) is 8. The van der Waals surface area contributed by atoms with E-state index in [1.54, 1.807) is 19.2 Å². The van der Waals surface area contributed by atoms with Crippen molar-refractivity contribution in [1.82, 2.24) is 35.0 Å². The summed E-state index contributed by atoms with van der Waals surface area (Å²) in [5.41, 5.74) is 0.641. The van der Waals surface area contributed by atoms with E-state index in [1.807, 2.05) is 6.92 Å². The molecule has 4 heterocycles. The van der Waals surface area contributed by atoms with Crippen LogP contribution in [0.3, 0.4) is 0 Å². The molecule has 2 aliphatic heterocycles. The average molecular weight is 464 g/mol. The highest BCUT2D eigenvalue weighted by Gasteiger charge is 2.56. The molecule has 2 saturated heterocycles. The second kappa shape index (κ2) is 7.76. The number of halogens is 1. The molecule has 4 atom stereocenters. The van der Waals surface area contributed by atoms with Gasteiger partial charge in [0.25, 0.3) is 0 Å². The Bertz CT molecular complexity index is 1340. The van der Waals surface area contributed by atoms with E-state index >= 15 is 4.39 Å². The van der Waals surface area contributed by atoms with Crippen molar-refractivity contribution >= 4 is 5.57 Å². The highest BCUT2D eigenvalue weighted by atomic mass is 19.1. The Labute approximate surface area is 195 Å². The molecule has 0 radical (unpaired) electrons. The number of aromatic nitrogens is 6. The second-order valence-electron chi connectivity index (χ2n) is 9.81. The molecule has 0 saturated carbocycles. The maximum absolute atomic E-state index is 15.4. The minimum absolute atomic E-state index is 0.0796. The number of nitrogens with one attached hydrogen (secondary N) is 1. The zero-order valence-corrected chi connectivity index (χ0v) is 19.3. The zero-order chi connectivity index (χ0) is 24.3. The van der Waals surface area contributed by atoms with E-state index < -0.39 is 23.3 Å². The number of fused-ring (bicyclic) bond motifs is 2. The van der Waals surface area contributed by atoms with E-state index in [0.717, 1.165) is 12.8 Å². The minimum atomic E-state index is -1.09. The Balaban J connectivity index is 1.38. The van der Waals surface area contributed by atoms with Gasteiger partial charge < -0.3 is 10.4 Å². The Morgan fingerprint density at radius 3 is 2.74 bits per heavy atom. The molecule has 176 valence electrons. The van der Waals surface area contributed by atoms with Gasteiger partial charge in [-0.25, -0.2) is 19.2 Å². The number of nitrogens with zero attached hydrogens (tertiary/aromatic N) is 6. The molecular formula is C24H26FN7O2. The number of phenols is 1. The molecule has 1 aromatic carbocycles. The molecule has 0 unspecified atom stereocenters. The van der Waals surface area contributed by atoms with Crippen LogP contribution in [0.15, 0.2) is 42.1 Å². The van der Waals surface area contributed by atoms with E-state index in [1.165, 1.54) is 23.2 Å². The molecule has 2 fully saturated rings. The molecule has 34 heavy (non-hydrogen) atoms. The fraction of sp³-hybridized carbons (Fsp3) is 0.417.